The van der Waals surface area contributed by atoms with Gasteiger partial charge in [0.1, 0.15) is 5.75 Å². The maximum atomic E-state index is 12.1. The number of anilines is 1. The van der Waals surface area contributed by atoms with Crippen LogP contribution in [0.5, 0.6) is 5.75 Å². The molecule has 0 aliphatic carbocycles. The van der Waals surface area contributed by atoms with Crippen molar-refractivity contribution in [3.8, 4) is 5.75 Å². The summed E-state index contributed by atoms with van der Waals surface area (Å²) >= 11 is 5.87. The molecule has 6 nitrogen and oxygen atoms in total. The second-order valence-electron chi connectivity index (χ2n) is 5.98. The van der Waals surface area contributed by atoms with Gasteiger partial charge >= 0.3 is 5.97 Å². The number of hydrogen-bond donors (Lipinski definition) is 1. The summed E-state index contributed by atoms with van der Waals surface area (Å²) in [6.45, 7) is 5.37. The van der Waals surface area contributed by atoms with Gasteiger partial charge in [-0.05, 0) is 42.7 Å². The summed E-state index contributed by atoms with van der Waals surface area (Å²) in [4.78, 5) is 27.8. The zero-order valence-electron chi connectivity index (χ0n) is 14.9. The molecule has 0 radical (unpaired) electrons. The van der Waals surface area contributed by atoms with E-state index in [-0.39, 0.29) is 11.8 Å². The zero-order chi connectivity index (χ0) is 19.1. The first-order chi connectivity index (χ1) is 12.4. The van der Waals surface area contributed by atoms with Crippen LogP contribution in [0.15, 0.2) is 42.6 Å². The normalized spacial score (nSPS) is 11.7. The number of carbonyl (C=O) groups is 2. The van der Waals surface area contributed by atoms with Crippen LogP contribution in [-0.4, -0.2) is 29.6 Å². The van der Waals surface area contributed by atoms with Gasteiger partial charge in [-0.3, -0.25) is 4.79 Å². The van der Waals surface area contributed by atoms with Crippen molar-refractivity contribution in [1.82, 2.24) is 4.98 Å². The topological polar surface area (TPSA) is 77.5 Å². The van der Waals surface area contributed by atoms with Crippen molar-refractivity contribution >= 4 is 29.2 Å². The molecule has 0 saturated heterocycles. The second kappa shape index (κ2) is 9.20. The Balaban J connectivity index is 1.81. The Hall–Kier alpha value is -2.60. The molecule has 0 aliphatic heterocycles. The quantitative estimate of drug-likeness (QED) is 0.587. The van der Waals surface area contributed by atoms with Crippen molar-refractivity contribution in [3.63, 3.8) is 0 Å². The van der Waals surface area contributed by atoms with Gasteiger partial charge in [0.2, 0.25) is 0 Å². The van der Waals surface area contributed by atoms with Gasteiger partial charge in [-0.25, -0.2) is 9.78 Å². The number of hydrogen-bond acceptors (Lipinski definition) is 5. The minimum Gasteiger partial charge on any atom is -0.482 e. The monoisotopic (exact) mass is 376 g/mol. The third-order valence-electron chi connectivity index (χ3n) is 3.60. The molecule has 0 aliphatic rings. The molecule has 0 bridgehead atoms. The molecule has 7 heteroatoms. The predicted molar refractivity (Wildman–Crippen MR) is 99.5 cm³/mol. The summed E-state index contributed by atoms with van der Waals surface area (Å²) in [6, 6.07) is 10.7. The number of pyridine rings is 1. The van der Waals surface area contributed by atoms with Crippen molar-refractivity contribution in [3.05, 3.63) is 53.3 Å². The van der Waals surface area contributed by atoms with E-state index in [1.807, 2.05) is 12.1 Å². The summed E-state index contributed by atoms with van der Waals surface area (Å²) in [5.74, 6) is -0.167. The molecular weight excluding hydrogens is 356 g/mol. The number of halogens is 1. The first kappa shape index (κ1) is 19.7. The van der Waals surface area contributed by atoms with E-state index in [0.29, 0.717) is 17.4 Å². The first-order valence-electron chi connectivity index (χ1n) is 8.20. The standard InChI is InChI=1S/C19H21ClN2O4/c1-12(2)14-6-8-15(9-7-14)25-11-17(23)26-13(3)19(24)22-16-5-4-10-21-18(16)20/h4-10,12-13H,11H2,1-3H3,(H,22,24)/t13-/m0/s1. The summed E-state index contributed by atoms with van der Waals surface area (Å²) in [5, 5.41) is 2.71. The van der Waals surface area contributed by atoms with E-state index < -0.39 is 18.0 Å². The van der Waals surface area contributed by atoms with Gasteiger partial charge in [0.25, 0.3) is 5.91 Å². The molecule has 1 N–H and O–H groups in total. The summed E-state index contributed by atoms with van der Waals surface area (Å²) in [6.07, 6.45) is 0.512. The van der Waals surface area contributed by atoms with Crippen molar-refractivity contribution in [2.75, 3.05) is 11.9 Å². The van der Waals surface area contributed by atoms with Crippen LogP contribution in [0.3, 0.4) is 0 Å². The van der Waals surface area contributed by atoms with Gasteiger partial charge in [-0.2, -0.15) is 0 Å². The summed E-state index contributed by atoms with van der Waals surface area (Å²) < 4.78 is 10.5. The van der Waals surface area contributed by atoms with Crippen LogP contribution in [0.2, 0.25) is 5.15 Å². The molecule has 2 aromatic rings. The number of aromatic nitrogens is 1. The average molecular weight is 377 g/mol. The van der Waals surface area contributed by atoms with Gasteiger partial charge in [0, 0.05) is 6.20 Å². The molecule has 0 spiro atoms. The predicted octanol–water partition coefficient (Wildman–Crippen LogP) is 3.81. The number of carbonyl (C=O) groups excluding carboxylic acids is 2. The van der Waals surface area contributed by atoms with Crippen LogP contribution >= 0.6 is 11.6 Å². The van der Waals surface area contributed by atoms with Gasteiger partial charge < -0.3 is 14.8 Å². The fourth-order valence-electron chi connectivity index (χ4n) is 2.09. The summed E-state index contributed by atoms with van der Waals surface area (Å²) in [7, 11) is 0. The van der Waals surface area contributed by atoms with Gasteiger partial charge in [-0.15, -0.1) is 0 Å². The van der Waals surface area contributed by atoms with Crippen molar-refractivity contribution in [1.29, 1.82) is 0 Å². The van der Waals surface area contributed by atoms with E-state index >= 15 is 0 Å². The highest BCUT2D eigenvalue weighted by Gasteiger charge is 2.19. The third-order valence-corrected chi connectivity index (χ3v) is 3.90. The van der Waals surface area contributed by atoms with Crippen LogP contribution in [0.25, 0.3) is 0 Å². The fraction of sp³-hybridized carbons (Fsp3) is 0.316. The van der Waals surface area contributed by atoms with E-state index in [9.17, 15) is 9.59 Å². The molecule has 1 aromatic carbocycles. The average Bonchev–Trinajstić information content (AvgIpc) is 2.62. The van der Waals surface area contributed by atoms with E-state index in [0.717, 1.165) is 0 Å². The first-order valence-corrected chi connectivity index (χ1v) is 8.58. The SMILES string of the molecule is CC(C)c1ccc(OCC(=O)O[C@@H](C)C(=O)Nc2cccnc2Cl)cc1. The minimum atomic E-state index is -0.995. The maximum Gasteiger partial charge on any atom is 0.344 e. The Kier molecular flexibility index (Phi) is 6.97. The number of rotatable bonds is 7. The maximum absolute atomic E-state index is 12.1. The lowest BCUT2D eigenvalue weighted by Crippen LogP contribution is -2.31. The Morgan fingerprint density at radius 1 is 1.15 bits per heavy atom. The van der Waals surface area contributed by atoms with Crippen LogP contribution in [0.4, 0.5) is 5.69 Å². The molecule has 1 atom stereocenters. The Labute approximate surface area is 157 Å². The zero-order valence-corrected chi connectivity index (χ0v) is 15.6. The Morgan fingerprint density at radius 2 is 1.85 bits per heavy atom. The van der Waals surface area contributed by atoms with Crippen LogP contribution in [0.1, 0.15) is 32.3 Å². The molecule has 1 aromatic heterocycles. The van der Waals surface area contributed by atoms with Gasteiger partial charge in [0.15, 0.2) is 17.9 Å². The van der Waals surface area contributed by atoms with E-state index in [2.05, 4.69) is 24.1 Å². The van der Waals surface area contributed by atoms with Crippen molar-refractivity contribution in [2.24, 2.45) is 0 Å². The highest BCUT2D eigenvalue weighted by Crippen LogP contribution is 2.19. The smallest absolute Gasteiger partial charge is 0.344 e. The van der Waals surface area contributed by atoms with Gasteiger partial charge in [-0.1, -0.05) is 37.6 Å². The number of nitrogens with one attached hydrogen (secondary N) is 1. The van der Waals surface area contributed by atoms with Crippen LogP contribution < -0.4 is 10.1 Å². The molecule has 0 unspecified atom stereocenters. The molecule has 0 fully saturated rings. The fourth-order valence-corrected chi connectivity index (χ4v) is 2.26. The molecular formula is C19H21ClN2O4. The minimum absolute atomic E-state index is 0.160. The largest absolute Gasteiger partial charge is 0.482 e. The third kappa shape index (κ3) is 5.74. The number of amides is 1. The van der Waals surface area contributed by atoms with Crippen LogP contribution in [0, 0.1) is 0 Å². The molecule has 1 amide bonds. The molecule has 0 saturated carbocycles. The van der Waals surface area contributed by atoms with E-state index in [1.54, 1.807) is 24.3 Å². The molecule has 1 heterocycles. The number of benzene rings is 1. The van der Waals surface area contributed by atoms with E-state index in [4.69, 9.17) is 21.1 Å². The highest BCUT2D eigenvalue weighted by molar-refractivity contribution is 6.32. The molecule has 138 valence electrons. The van der Waals surface area contributed by atoms with Crippen molar-refractivity contribution in [2.45, 2.75) is 32.8 Å². The lowest BCUT2D eigenvalue weighted by Gasteiger charge is -2.14. The molecule has 26 heavy (non-hydrogen) atoms. The van der Waals surface area contributed by atoms with Gasteiger partial charge in [0.05, 0.1) is 5.69 Å². The Bertz CT molecular complexity index is 762. The van der Waals surface area contributed by atoms with Crippen molar-refractivity contribution < 1.29 is 19.1 Å². The number of ether oxygens (including phenoxy) is 2. The lowest BCUT2D eigenvalue weighted by atomic mass is 10.0. The Morgan fingerprint density at radius 3 is 2.46 bits per heavy atom. The van der Waals surface area contributed by atoms with E-state index in [1.165, 1.54) is 18.7 Å². The number of nitrogens with zero attached hydrogens (tertiary/aromatic N) is 1. The summed E-state index contributed by atoms with van der Waals surface area (Å²) in [5.41, 5.74) is 1.53. The highest BCUT2D eigenvalue weighted by atomic mass is 35.5. The molecule has 2 rings (SSSR count). The second-order valence-corrected chi connectivity index (χ2v) is 6.33. The lowest BCUT2D eigenvalue weighted by molar-refractivity contribution is -0.155. The van der Waals surface area contributed by atoms with Crippen LogP contribution in [-0.2, 0) is 14.3 Å². The number of esters is 1.